The molecule has 0 aliphatic carbocycles. The van der Waals surface area contributed by atoms with E-state index >= 15 is 0 Å². The molecule has 0 N–H and O–H groups in total. The van der Waals surface area contributed by atoms with Gasteiger partial charge in [0.25, 0.3) is 5.69 Å². The Bertz CT molecular complexity index is 449. The second-order valence-electron chi connectivity index (χ2n) is 4.38. The van der Waals surface area contributed by atoms with E-state index in [1.807, 2.05) is 25.3 Å². The Hall–Kier alpha value is -1.84. The first-order valence-corrected chi connectivity index (χ1v) is 5.84. The second-order valence-corrected chi connectivity index (χ2v) is 4.38. The van der Waals surface area contributed by atoms with Crippen molar-refractivity contribution in [2.45, 2.75) is 19.8 Å². The third kappa shape index (κ3) is 2.84. The molecule has 1 aliphatic heterocycles. The fourth-order valence-electron chi connectivity index (χ4n) is 2.05. The SMILES string of the molecule is Cc1ccc([N+](=O)[O-])c(/C=C/N2CCCC2)c1. The van der Waals surface area contributed by atoms with Gasteiger partial charge in [-0.05, 0) is 38.1 Å². The van der Waals surface area contributed by atoms with Gasteiger partial charge in [-0.1, -0.05) is 11.6 Å². The fraction of sp³-hybridized carbons (Fsp3) is 0.385. The molecule has 4 heteroatoms. The van der Waals surface area contributed by atoms with Gasteiger partial charge in [0, 0.05) is 19.2 Å². The van der Waals surface area contributed by atoms with Crippen LogP contribution in [0, 0.1) is 17.0 Å². The van der Waals surface area contributed by atoms with Crippen molar-refractivity contribution >= 4 is 11.8 Å². The number of nitro groups is 1. The monoisotopic (exact) mass is 232 g/mol. The highest BCUT2D eigenvalue weighted by molar-refractivity contribution is 5.61. The number of likely N-dealkylation sites (tertiary alicyclic amines) is 1. The van der Waals surface area contributed by atoms with E-state index < -0.39 is 0 Å². The molecule has 0 bridgehead atoms. The molecule has 17 heavy (non-hydrogen) atoms. The van der Waals surface area contributed by atoms with Crippen LogP contribution >= 0.6 is 0 Å². The largest absolute Gasteiger partial charge is 0.377 e. The molecular weight excluding hydrogens is 216 g/mol. The van der Waals surface area contributed by atoms with E-state index in [1.165, 1.54) is 12.8 Å². The number of nitro benzene ring substituents is 1. The molecular formula is C13H16N2O2. The molecule has 0 spiro atoms. The Morgan fingerprint density at radius 3 is 2.71 bits per heavy atom. The van der Waals surface area contributed by atoms with E-state index in [-0.39, 0.29) is 10.6 Å². The second kappa shape index (κ2) is 4.99. The number of benzene rings is 1. The first-order chi connectivity index (χ1) is 8.16. The topological polar surface area (TPSA) is 46.4 Å². The van der Waals surface area contributed by atoms with E-state index in [9.17, 15) is 10.1 Å². The van der Waals surface area contributed by atoms with Crippen LogP contribution in [0.4, 0.5) is 5.69 Å². The zero-order chi connectivity index (χ0) is 12.3. The van der Waals surface area contributed by atoms with Gasteiger partial charge in [-0.15, -0.1) is 0 Å². The third-order valence-corrected chi connectivity index (χ3v) is 2.99. The van der Waals surface area contributed by atoms with Gasteiger partial charge in [-0.2, -0.15) is 0 Å². The Morgan fingerprint density at radius 1 is 1.35 bits per heavy atom. The molecule has 1 heterocycles. The highest BCUT2D eigenvalue weighted by Gasteiger charge is 2.12. The van der Waals surface area contributed by atoms with Crippen LogP contribution in [0.5, 0.6) is 0 Å². The van der Waals surface area contributed by atoms with Gasteiger partial charge < -0.3 is 4.90 Å². The number of hydrogen-bond donors (Lipinski definition) is 0. The maximum Gasteiger partial charge on any atom is 0.276 e. The van der Waals surface area contributed by atoms with Gasteiger partial charge in [0.2, 0.25) is 0 Å². The van der Waals surface area contributed by atoms with E-state index in [0.717, 1.165) is 18.7 Å². The number of rotatable bonds is 3. The molecule has 90 valence electrons. The van der Waals surface area contributed by atoms with Crippen molar-refractivity contribution in [2.75, 3.05) is 13.1 Å². The highest BCUT2D eigenvalue weighted by Crippen LogP contribution is 2.21. The van der Waals surface area contributed by atoms with Gasteiger partial charge in [0.05, 0.1) is 10.5 Å². The molecule has 2 rings (SSSR count). The summed E-state index contributed by atoms with van der Waals surface area (Å²) in [4.78, 5) is 12.8. The fourth-order valence-corrected chi connectivity index (χ4v) is 2.05. The average molecular weight is 232 g/mol. The van der Waals surface area contributed by atoms with Crippen molar-refractivity contribution in [3.05, 3.63) is 45.6 Å². The van der Waals surface area contributed by atoms with E-state index in [4.69, 9.17) is 0 Å². The molecule has 0 aromatic heterocycles. The Morgan fingerprint density at radius 2 is 2.06 bits per heavy atom. The maximum absolute atomic E-state index is 10.9. The maximum atomic E-state index is 10.9. The summed E-state index contributed by atoms with van der Waals surface area (Å²) in [7, 11) is 0. The smallest absolute Gasteiger partial charge is 0.276 e. The van der Waals surface area contributed by atoms with Crippen LogP contribution in [0.15, 0.2) is 24.4 Å². The zero-order valence-corrected chi connectivity index (χ0v) is 9.93. The van der Waals surface area contributed by atoms with Crippen molar-refractivity contribution in [3.63, 3.8) is 0 Å². The summed E-state index contributed by atoms with van der Waals surface area (Å²) in [6.45, 7) is 4.04. The van der Waals surface area contributed by atoms with E-state index in [2.05, 4.69) is 4.90 Å². The number of nitrogens with zero attached hydrogens (tertiary/aromatic N) is 2. The summed E-state index contributed by atoms with van der Waals surface area (Å²) in [6.07, 6.45) is 6.23. The standard InChI is InChI=1S/C13H16N2O2/c1-11-4-5-13(15(16)17)12(10-11)6-9-14-7-2-3-8-14/h4-6,9-10H,2-3,7-8H2,1H3/b9-6+. The van der Waals surface area contributed by atoms with Crippen molar-refractivity contribution in [1.29, 1.82) is 0 Å². The van der Waals surface area contributed by atoms with Crippen molar-refractivity contribution < 1.29 is 4.92 Å². The summed E-state index contributed by atoms with van der Waals surface area (Å²) < 4.78 is 0. The van der Waals surface area contributed by atoms with Crippen LogP contribution in [0.25, 0.3) is 6.08 Å². The van der Waals surface area contributed by atoms with Crippen LogP contribution in [0.2, 0.25) is 0 Å². The first kappa shape index (κ1) is 11.6. The third-order valence-electron chi connectivity index (χ3n) is 2.99. The lowest BCUT2D eigenvalue weighted by Gasteiger charge is -2.10. The molecule has 4 nitrogen and oxygen atoms in total. The predicted molar refractivity (Wildman–Crippen MR) is 67.7 cm³/mol. The zero-order valence-electron chi connectivity index (χ0n) is 9.93. The molecule has 0 amide bonds. The molecule has 0 saturated carbocycles. The molecule has 1 fully saturated rings. The summed E-state index contributed by atoms with van der Waals surface area (Å²) in [6, 6.07) is 5.19. The van der Waals surface area contributed by atoms with Crippen molar-refractivity contribution in [1.82, 2.24) is 4.90 Å². The van der Waals surface area contributed by atoms with Crippen molar-refractivity contribution in [2.24, 2.45) is 0 Å². The van der Waals surface area contributed by atoms with Gasteiger partial charge >= 0.3 is 0 Å². The molecule has 1 aliphatic rings. The van der Waals surface area contributed by atoms with Gasteiger partial charge in [-0.25, -0.2) is 0 Å². The Balaban J connectivity index is 2.23. The van der Waals surface area contributed by atoms with Gasteiger partial charge in [0.15, 0.2) is 0 Å². The highest BCUT2D eigenvalue weighted by atomic mass is 16.6. The van der Waals surface area contributed by atoms with Crippen LogP contribution in [0.1, 0.15) is 24.0 Å². The average Bonchev–Trinajstić information content (AvgIpc) is 2.78. The van der Waals surface area contributed by atoms with E-state index in [0.29, 0.717) is 5.56 Å². The minimum absolute atomic E-state index is 0.172. The van der Waals surface area contributed by atoms with E-state index in [1.54, 1.807) is 12.1 Å². The molecule has 1 aromatic rings. The quantitative estimate of drug-likeness (QED) is 0.594. The summed E-state index contributed by atoms with van der Waals surface area (Å²) >= 11 is 0. The summed E-state index contributed by atoms with van der Waals surface area (Å²) in [5.41, 5.74) is 1.89. The Kier molecular flexibility index (Phi) is 3.42. The van der Waals surface area contributed by atoms with Gasteiger partial charge in [-0.3, -0.25) is 10.1 Å². The normalized spacial score (nSPS) is 15.7. The Labute approximate surface area is 101 Å². The summed E-state index contributed by atoms with van der Waals surface area (Å²) in [5, 5.41) is 10.9. The lowest BCUT2D eigenvalue weighted by atomic mass is 10.1. The number of aryl methyl sites for hydroxylation is 1. The van der Waals surface area contributed by atoms with Gasteiger partial charge in [0.1, 0.15) is 0 Å². The lowest BCUT2D eigenvalue weighted by molar-refractivity contribution is -0.385. The van der Waals surface area contributed by atoms with Crippen LogP contribution in [-0.4, -0.2) is 22.9 Å². The summed E-state index contributed by atoms with van der Waals surface area (Å²) in [5.74, 6) is 0. The molecule has 0 radical (unpaired) electrons. The number of hydrogen-bond acceptors (Lipinski definition) is 3. The molecule has 0 atom stereocenters. The van der Waals surface area contributed by atoms with Crippen LogP contribution < -0.4 is 0 Å². The first-order valence-electron chi connectivity index (χ1n) is 5.84. The molecule has 1 aromatic carbocycles. The molecule has 0 unspecified atom stereocenters. The van der Waals surface area contributed by atoms with Crippen LogP contribution in [-0.2, 0) is 0 Å². The van der Waals surface area contributed by atoms with Crippen LogP contribution in [0.3, 0.4) is 0 Å². The minimum atomic E-state index is -0.330. The predicted octanol–water partition coefficient (Wildman–Crippen LogP) is 2.97. The lowest BCUT2D eigenvalue weighted by Crippen LogP contribution is -2.10. The minimum Gasteiger partial charge on any atom is -0.377 e. The van der Waals surface area contributed by atoms with Crippen molar-refractivity contribution in [3.8, 4) is 0 Å². The molecule has 1 saturated heterocycles.